The molecule has 5 aromatic rings. The van der Waals surface area contributed by atoms with Gasteiger partial charge in [-0.3, -0.25) is 4.90 Å². The zero-order valence-electron chi connectivity index (χ0n) is 27.1. The maximum Gasteiger partial charge on any atom is 0.319 e. The molecule has 0 saturated carbocycles. The van der Waals surface area contributed by atoms with Crippen LogP contribution in [0.25, 0.3) is 32.1 Å². The second-order valence-corrected chi connectivity index (χ2v) is 14.4. The first kappa shape index (κ1) is 34.1. The summed E-state index contributed by atoms with van der Waals surface area (Å²) in [4.78, 5) is 16.7. The fraction of sp³-hybridized carbons (Fsp3) is 0.314. The van der Waals surface area contributed by atoms with Gasteiger partial charge in [-0.05, 0) is 37.1 Å². The molecule has 3 atom stereocenters. The molecule has 3 aliphatic rings. The number of fused-ring (bicyclic) bond motifs is 2. The minimum absolute atomic E-state index is 0.0138. The Morgan fingerprint density at radius 3 is 2.81 bits per heavy atom. The molecule has 6 heterocycles. The number of rotatable bonds is 7. The van der Waals surface area contributed by atoms with E-state index in [1.54, 1.807) is 6.07 Å². The molecular weight excluding hydrogens is 727 g/mol. The molecule has 17 heteroatoms. The highest BCUT2D eigenvalue weighted by Crippen LogP contribution is 2.52. The molecule has 10 nitrogen and oxygen atoms in total. The molecule has 2 saturated heterocycles. The molecule has 0 aliphatic carbocycles. The molecule has 268 valence electrons. The minimum Gasteiger partial charge on any atom is -0.489 e. The van der Waals surface area contributed by atoms with Gasteiger partial charge in [0.25, 0.3) is 6.08 Å². The van der Waals surface area contributed by atoms with E-state index in [1.165, 1.54) is 23.2 Å². The summed E-state index contributed by atoms with van der Waals surface area (Å²) in [7, 11) is 0. The first-order valence-corrected chi connectivity index (χ1v) is 17.5. The van der Waals surface area contributed by atoms with Gasteiger partial charge in [-0.25, -0.2) is 18.2 Å². The number of ether oxygens (including phenoxy) is 2. The lowest BCUT2D eigenvalue weighted by Gasteiger charge is -2.32. The quantitative estimate of drug-likeness (QED) is 0.160. The van der Waals surface area contributed by atoms with E-state index in [4.69, 9.17) is 32.5 Å². The van der Waals surface area contributed by atoms with Crippen LogP contribution in [0.1, 0.15) is 36.4 Å². The predicted molar refractivity (Wildman–Crippen MR) is 187 cm³/mol. The van der Waals surface area contributed by atoms with E-state index in [-0.39, 0.29) is 109 Å². The summed E-state index contributed by atoms with van der Waals surface area (Å²) in [6, 6.07) is 5.88. The highest BCUT2D eigenvalue weighted by atomic mass is 35.5. The van der Waals surface area contributed by atoms with Crippen LogP contribution in [-0.2, 0) is 0 Å². The lowest BCUT2D eigenvalue weighted by atomic mass is 9.95. The second-order valence-electron chi connectivity index (χ2n) is 12.9. The Kier molecular flexibility index (Phi) is 8.47. The highest BCUT2D eigenvalue weighted by Gasteiger charge is 2.49. The monoisotopic (exact) mass is 754 g/mol. The minimum atomic E-state index is -2.02. The van der Waals surface area contributed by atoms with Gasteiger partial charge in [0.1, 0.15) is 53.4 Å². The van der Waals surface area contributed by atoms with Crippen molar-refractivity contribution in [3.8, 4) is 29.0 Å². The number of hydrogen-bond donors (Lipinski definition) is 2. The van der Waals surface area contributed by atoms with Crippen LogP contribution in [0, 0.1) is 23.0 Å². The molecule has 2 aromatic carbocycles. The van der Waals surface area contributed by atoms with Gasteiger partial charge in [-0.15, -0.1) is 11.3 Å². The van der Waals surface area contributed by atoms with Crippen molar-refractivity contribution in [2.45, 2.75) is 37.0 Å². The molecule has 2 unspecified atom stereocenters. The van der Waals surface area contributed by atoms with Crippen LogP contribution in [0.3, 0.4) is 0 Å². The van der Waals surface area contributed by atoms with Gasteiger partial charge in [0.15, 0.2) is 11.6 Å². The third kappa shape index (κ3) is 5.41. The Balaban J connectivity index is 1.38. The normalized spacial score (nSPS) is 20.4. The van der Waals surface area contributed by atoms with Crippen molar-refractivity contribution in [3.05, 3.63) is 70.4 Å². The van der Waals surface area contributed by atoms with Crippen molar-refractivity contribution in [2.24, 2.45) is 0 Å². The lowest BCUT2D eigenvalue weighted by molar-refractivity contribution is 0.107. The van der Waals surface area contributed by atoms with E-state index in [0.29, 0.717) is 19.0 Å². The average Bonchev–Trinajstić information content (AvgIpc) is 3.71. The Hall–Kier alpha value is -4.98. The number of hydrogen-bond acceptors (Lipinski definition) is 11. The van der Waals surface area contributed by atoms with E-state index < -0.39 is 35.5 Å². The van der Waals surface area contributed by atoms with Gasteiger partial charge in [-0.2, -0.15) is 24.0 Å². The summed E-state index contributed by atoms with van der Waals surface area (Å²) < 4.78 is 87.7. The molecular formula is C35H28ClF5N8O2S. The fourth-order valence-corrected chi connectivity index (χ4v) is 9.09. The topological polar surface area (TPSA) is 139 Å². The molecule has 3 aromatic heterocycles. The van der Waals surface area contributed by atoms with Gasteiger partial charge in [0, 0.05) is 41.8 Å². The number of halogens is 6. The number of pyridine rings is 1. The molecule has 0 radical (unpaired) electrons. The number of nitrogens with two attached hydrogens (primary N) is 2. The van der Waals surface area contributed by atoms with Crippen molar-refractivity contribution in [1.82, 2.24) is 19.9 Å². The Labute approximate surface area is 302 Å². The van der Waals surface area contributed by atoms with E-state index in [9.17, 15) is 18.4 Å². The van der Waals surface area contributed by atoms with Crippen molar-refractivity contribution in [3.63, 3.8) is 0 Å². The van der Waals surface area contributed by atoms with E-state index in [2.05, 4.69) is 15.0 Å². The van der Waals surface area contributed by atoms with Gasteiger partial charge < -0.3 is 25.8 Å². The third-order valence-electron chi connectivity index (χ3n) is 10.0. The number of aromatic nitrogens is 3. The highest BCUT2D eigenvalue weighted by molar-refractivity contribution is 7.23. The number of thiophene rings is 1. The second kappa shape index (κ2) is 12.9. The number of alkyl halides is 1. The molecule has 0 spiro atoms. The van der Waals surface area contributed by atoms with Crippen LogP contribution in [0.4, 0.5) is 38.6 Å². The molecule has 8 rings (SSSR count). The number of nitrogen functional groups attached to an aromatic ring is 2. The van der Waals surface area contributed by atoms with Crippen LogP contribution < -0.4 is 25.8 Å². The summed E-state index contributed by atoms with van der Waals surface area (Å²) in [6.07, 6.45) is 0.762. The Bertz CT molecular complexity index is 2350. The Morgan fingerprint density at radius 1 is 1.21 bits per heavy atom. The lowest BCUT2D eigenvalue weighted by Crippen LogP contribution is -2.43. The SMILES string of the molecule is N#Cc1c(N)sc2c(F)ccc(-c3c(Cl)c4c5c(nc(OC[C@@]67CCCN6CC(F)C7)nc5c3F)N(C(C=C(F)F)c3cccnc3N)CCO4)c12. The zero-order chi connectivity index (χ0) is 36.5. The molecule has 52 heavy (non-hydrogen) atoms. The van der Waals surface area contributed by atoms with E-state index in [0.717, 1.165) is 23.8 Å². The Morgan fingerprint density at radius 2 is 2.04 bits per heavy atom. The average molecular weight is 755 g/mol. The van der Waals surface area contributed by atoms with Crippen molar-refractivity contribution >= 4 is 60.6 Å². The number of nitrogens with zero attached hydrogens (tertiary/aromatic N) is 6. The first-order chi connectivity index (χ1) is 25.0. The van der Waals surface area contributed by atoms with E-state index in [1.807, 2.05) is 11.0 Å². The largest absolute Gasteiger partial charge is 0.489 e. The van der Waals surface area contributed by atoms with E-state index >= 15 is 8.78 Å². The van der Waals surface area contributed by atoms with Crippen LogP contribution in [0.2, 0.25) is 5.02 Å². The molecule has 3 aliphatic heterocycles. The first-order valence-electron chi connectivity index (χ1n) is 16.3. The van der Waals surface area contributed by atoms with Crippen LogP contribution in [-0.4, -0.2) is 64.4 Å². The van der Waals surface area contributed by atoms with Gasteiger partial charge in [-0.1, -0.05) is 23.7 Å². The van der Waals surface area contributed by atoms with Crippen LogP contribution in [0.15, 0.2) is 42.6 Å². The summed E-state index contributed by atoms with van der Waals surface area (Å²) in [5.41, 5.74) is 11.2. The summed E-state index contributed by atoms with van der Waals surface area (Å²) in [6.45, 7) is 0.724. The van der Waals surface area contributed by atoms with Gasteiger partial charge in [0.2, 0.25) is 0 Å². The fourth-order valence-electron chi connectivity index (χ4n) is 7.81. The third-order valence-corrected chi connectivity index (χ3v) is 11.4. The number of nitriles is 1. The molecule has 2 fully saturated rings. The van der Waals surface area contributed by atoms with Gasteiger partial charge in [0.05, 0.1) is 38.8 Å². The van der Waals surface area contributed by atoms with Gasteiger partial charge >= 0.3 is 6.01 Å². The predicted octanol–water partition coefficient (Wildman–Crippen LogP) is 7.55. The molecule has 0 bridgehead atoms. The summed E-state index contributed by atoms with van der Waals surface area (Å²) in [5.74, 6) is -1.82. The maximum absolute atomic E-state index is 17.3. The number of benzene rings is 2. The van der Waals surface area contributed by atoms with Crippen molar-refractivity contribution < 1.29 is 31.4 Å². The standard InChI is InChI=1S/C35H28ClF5N8O2S/c36-26-24(18-4-5-20(38)30-23(18)19(13-42)32(44)52-30)27(41)28-25-29(26)50-10-9-49(21(11-22(39)40)17-3-1-7-45-31(17)43)33(25)47-34(46-28)51-15-35-6-2-8-48(35)14-16(37)12-35/h1,3-5,7,11,16,21H,2,6,8-10,12,14-15,44H2,(H2,43,45)/t16?,21?,35-/m0/s1. The van der Waals surface area contributed by atoms with Crippen molar-refractivity contribution in [1.29, 1.82) is 5.26 Å². The molecule has 4 N–H and O–H groups in total. The zero-order valence-corrected chi connectivity index (χ0v) is 28.7. The molecule has 0 amide bonds. The smallest absolute Gasteiger partial charge is 0.319 e. The number of anilines is 3. The van der Waals surface area contributed by atoms with Crippen LogP contribution in [0.5, 0.6) is 11.8 Å². The van der Waals surface area contributed by atoms with Crippen molar-refractivity contribution in [2.75, 3.05) is 49.2 Å². The van der Waals surface area contributed by atoms with Crippen LogP contribution >= 0.6 is 22.9 Å². The summed E-state index contributed by atoms with van der Waals surface area (Å²) in [5, 5.41) is 9.73. The maximum atomic E-state index is 17.3. The summed E-state index contributed by atoms with van der Waals surface area (Å²) >= 11 is 7.82.